The molecule has 0 heterocycles. The first-order valence-corrected chi connectivity index (χ1v) is 5.77. The number of benzene rings is 1. The van der Waals surface area contributed by atoms with E-state index in [4.69, 9.17) is 10.4 Å². The van der Waals surface area contributed by atoms with Crippen molar-refractivity contribution >= 4 is 27.6 Å². The Morgan fingerprint density at radius 3 is 2.59 bits per heavy atom. The zero-order valence-corrected chi connectivity index (χ0v) is 11.4. The molecule has 1 N–H and O–H groups in total. The van der Waals surface area contributed by atoms with E-state index >= 15 is 0 Å². The van der Waals surface area contributed by atoms with Gasteiger partial charge in [0.2, 0.25) is 0 Å². The summed E-state index contributed by atoms with van der Waals surface area (Å²) in [6.45, 7) is 3.19. The summed E-state index contributed by atoms with van der Waals surface area (Å²) in [6.07, 6.45) is 0. The van der Waals surface area contributed by atoms with Crippen LogP contribution in [0.5, 0.6) is 0 Å². The molecule has 1 rings (SSSR count). The highest BCUT2D eigenvalue weighted by Crippen LogP contribution is 2.30. The Bertz CT molecular complexity index is 492. The van der Waals surface area contributed by atoms with Gasteiger partial charge in [-0.2, -0.15) is 5.26 Å². The molecule has 0 spiro atoms. The number of hydrogen-bond acceptors (Lipinski definition) is 3. The number of nitriles is 1. The number of anilines is 1. The highest BCUT2D eigenvalue weighted by molar-refractivity contribution is 9.10. The third-order valence-corrected chi connectivity index (χ3v) is 3.49. The molecule has 90 valence electrons. The Labute approximate surface area is 109 Å². The van der Waals surface area contributed by atoms with Gasteiger partial charge in [-0.25, -0.2) is 4.79 Å². The quantitative estimate of drug-likeness (QED) is 0.931. The lowest BCUT2D eigenvalue weighted by Gasteiger charge is -2.34. The molecule has 4 nitrogen and oxygen atoms in total. The monoisotopic (exact) mass is 296 g/mol. The fraction of sp³-hybridized carbons (Fsp3) is 0.333. The second-order valence-corrected chi connectivity index (χ2v) is 5.02. The van der Waals surface area contributed by atoms with Crippen LogP contribution in [-0.2, 0) is 4.79 Å². The van der Waals surface area contributed by atoms with Crippen LogP contribution in [0.2, 0.25) is 0 Å². The minimum Gasteiger partial charge on any atom is -0.480 e. The highest BCUT2D eigenvalue weighted by Gasteiger charge is 2.33. The van der Waals surface area contributed by atoms with Crippen LogP contribution in [0.15, 0.2) is 22.7 Å². The largest absolute Gasteiger partial charge is 0.480 e. The van der Waals surface area contributed by atoms with Crippen LogP contribution in [0.4, 0.5) is 5.69 Å². The van der Waals surface area contributed by atoms with Crippen LogP contribution in [0.1, 0.15) is 19.4 Å². The molecule has 0 saturated carbocycles. The first-order chi connectivity index (χ1) is 7.82. The Morgan fingerprint density at radius 2 is 2.12 bits per heavy atom. The fourth-order valence-electron chi connectivity index (χ4n) is 1.35. The van der Waals surface area contributed by atoms with Gasteiger partial charge in [-0.3, -0.25) is 0 Å². The van der Waals surface area contributed by atoms with Crippen LogP contribution >= 0.6 is 15.9 Å². The summed E-state index contributed by atoms with van der Waals surface area (Å²) in [4.78, 5) is 12.8. The zero-order chi connectivity index (χ0) is 13.2. The third kappa shape index (κ3) is 2.42. The zero-order valence-electron chi connectivity index (χ0n) is 9.86. The van der Waals surface area contributed by atoms with Crippen LogP contribution in [-0.4, -0.2) is 23.7 Å². The molecule has 0 radical (unpaired) electrons. The van der Waals surface area contributed by atoms with Crippen LogP contribution < -0.4 is 4.90 Å². The van der Waals surface area contributed by atoms with E-state index in [0.717, 1.165) is 0 Å². The van der Waals surface area contributed by atoms with Crippen molar-refractivity contribution < 1.29 is 9.90 Å². The molecule has 17 heavy (non-hydrogen) atoms. The van der Waals surface area contributed by atoms with Gasteiger partial charge in [-0.05, 0) is 41.9 Å². The lowest BCUT2D eigenvalue weighted by Crippen LogP contribution is -2.48. The summed E-state index contributed by atoms with van der Waals surface area (Å²) in [5.41, 5.74) is -0.0505. The Hall–Kier alpha value is -1.54. The van der Waals surface area contributed by atoms with Gasteiger partial charge in [0.15, 0.2) is 0 Å². The molecule has 0 aliphatic carbocycles. The van der Waals surface area contributed by atoms with E-state index in [1.807, 2.05) is 0 Å². The van der Waals surface area contributed by atoms with Gasteiger partial charge in [0.25, 0.3) is 0 Å². The summed E-state index contributed by atoms with van der Waals surface area (Å²) >= 11 is 3.28. The molecule has 0 saturated heterocycles. The standard InChI is InChI=1S/C12H13BrN2O2/c1-12(2,11(16)17)15(3)10-6-4-5-9(13)8(10)7-14/h4-6H,1-3H3,(H,16,17). The number of aliphatic carboxylic acids is 1. The van der Waals surface area contributed by atoms with Crippen molar-refractivity contribution in [1.82, 2.24) is 0 Å². The van der Waals surface area contributed by atoms with Crippen molar-refractivity contribution in [2.75, 3.05) is 11.9 Å². The number of halogens is 1. The summed E-state index contributed by atoms with van der Waals surface area (Å²) in [5, 5.41) is 18.3. The summed E-state index contributed by atoms with van der Waals surface area (Å²) < 4.78 is 0.658. The minimum absolute atomic E-state index is 0.435. The molecule has 0 aliphatic rings. The molecule has 5 heteroatoms. The third-order valence-electron chi connectivity index (χ3n) is 2.83. The van der Waals surface area contributed by atoms with E-state index in [9.17, 15) is 4.79 Å². The molecular formula is C12H13BrN2O2. The molecule has 1 aromatic rings. The average Bonchev–Trinajstić information content (AvgIpc) is 2.27. The molecule has 1 aromatic carbocycles. The van der Waals surface area contributed by atoms with E-state index in [-0.39, 0.29) is 0 Å². The van der Waals surface area contributed by atoms with Crippen molar-refractivity contribution in [2.45, 2.75) is 19.4 Å². The summed E-state index contributed by atoms with van der Waals surface area (Å²) in [7, 11) is 1.66. The maximum absolute atomic E-state index is 11.2. The summed E-state index contributed by atoms with van der Waals surface area (Å²) in [5.74, 6) is -0.941. The Balaban J connectivity index is 3.32. The van der Waals surface area contributed by atoms with Gasteiger partial charge in [-0.1, -0.05) is 6.07 Å². The van der Waals surface area contributed by atoms with Crippen LogP contribution in [0.25, 0.3) is 0 Å². The number of likely N-dealkylation sites (N-methyl/N-ethyl adjacent to an activating group) is 1. The van der Waals surface area contributed by atoms with Gasteiger partial charge in [0.05, 0.1) is 11.3 Å². The molecule has 0 amide bonds. The minimum atomic E-state index is -1.08. The molecule has 0 atom stereocenters. The van der Waals surface area contributed by atoms with Crippen LogP contribution in [0, 0.1) is 11.3 Å². The van der Waals surface area contributed by atoms with Crippen molar-refractivity contribution in [2.24, 2.45) is 0 Å². The molecule has 0 aromatic heterocycles. The molecule has 0 bridgehead atoms. The van der Waals surface area contributed by atoms with Gasteiger partial charge >= 0.3 is 5.97 Å². The van der Waals surface area contributed by atoms with E-state index in [0.29, 0.717) is 15.7 Å². The van der Waals surface area contributed by atoms with Crippen molar-refractivity contribution in [3.63, 3.8) is 0 Å². The van der Waals surface area contributed by atoms with Gasteiger partial charge < -0.3 is 10.0 Å². The highest BCUT2D eigenvalue weighted by atomic mass is 79.9. The first-order valence-electron chi connectivity index (χ1n) is 4.98. The number of rotatable bonds is 3. The lowest BCUT2D eigenvalue weighted by atomic mass is 10.0. The van der Waals surface area contributed by atoms with E-state index in [2.05, 4.69) is 22.0 Å². The number of nitrogens with zero attached hydrogens (tertiary/aromatic N) is 2. The van der Waals surface area contributed by atoms with Crippen molar-refractivity contribution in [1.29, 1.82) is 5.26 Å². The lowest BCUT2D eigenvalue weighted by molar-refractivity contribution is -0.142. The molecule has 0 fully saturated rings. The van der Waals surface area contributed by atoms with E-state index in [1.165, 1.54) is 0 Å². The Kier molecular flexibility index (Phi) is 3.79. The van der Waals surface area contributed by atoms with Gasteiger partial charge in [-0.15, -0.1) is 0 Å². The second kappa shape index (κ2) is 4.76. The number of carbonyl (C=O) groups is 1. The Morgan fingerprint density at radius 1 is 1.53 bits per heavy atom. The van der Waals surface area contributed by atoms with Gasteiger partial charge in [0.1, 0.15) is 11.6 Å². The maximum atomic E-state index is 11.2. The number of carboxylic acids is 1. The smallest absolute Gasteiger partial charge is 0.328 e. The van der Waals surface area contributed by atoms with Crippen LogP contribution in [0.3, 0.4) is 0 Å². The predicted molar refractivity (Wildman–Crippen MR) is 69.0 cm³/mol. The predicted octanol–water partition coefficient (Wildman–Crippen LogP) is 2.62. The fourth-order valence-corrected chi connectivity index (χ4v) is 1.79. The topological polar surface area (TPSA) is 64.3 Å². The molecule has 0 unspecified atom stereocenters. The maximum Gasteiger partial charge on any atom is 0.328 e. The van der Waals surface area contributed by atoms with E-state index in [1.54, 1.807) is 44.0 Å². The normalized spacial score (nSPS) is 10.8. The molecular weight excluding hydrogens is 284 g/mol. The molecule has 0 aliphatic heterocycles. The van der Waals surface area contributed by atoms with Gasteiger partial charge in [0, 0.05) is 11.5 Å². The SMILES string of the molecule is CN(c1cccc(Br)c1C#N)C(C)(C)C(=O)O. The van der Waals surface area contributed by atoms with Crippen molar-refractivity contribution in [3.8, 4) is 6.07 Å². The first kappa shape index (κ1) is 13.5. The van der Waals surface area contributed by atoms with E-state index < -0.39 is 11.5 Å². The number of carboxylic acid groups (broad SMARTS) is 1. The second-order valence-electron chi connectivity index (χ2n) is 4.17. The summed E-state index contributed by atoms with van der Waals surface area (Å²) in [6, 6.07) is 7.33. The number of hydrogen-bond donors (Lipinski definition) is 1. The average molecular weight is 297 g/mol. The van der Waals surface area contributed by atoms with Crippen molar-refractivity contribution in [3.05, 3.63) is 28.2 Å².